The van der Waals surface area contributed by atoms with E-state index in [0.717, 1.165) is 19.5 Å². The molecule has 2 unspecified atom stereocenters. The summed E-state index contributed by atoms with van der Waals surface area (Å²) in [5.74, 6) is 0.485. The summed E-state index contributed by atoms with van der Waals surface area (Å²) >= 11 is 0. The van der Waals surface area contributed by atoms with Gasteiger partial charge in [-0.3, -0.25) is 0 Å². The Balaban J connectivity index is 2.24. The lowest BCUT2D eigenvalue weighted by Crippen LogP contribution is -2.42. The third-order valence-electron chi connectivity index (χ3n) is 2.15. The van der Waals surface area contributed by atoms with Gasteiger partial charge in [0.2, 0.25) is 0 Å². The zero-order chi connectivity index (χ0) is 7.40. The summed E-state index contributed by atoms with van der Waals surface area (Å²) in [4.78, 5) is 0. The van der Waals surface area contributed by atoms with E-state index in [9.17, 15) is 0 Å². The average molecular weight is 144 g/mol. The molecule has 60 valence electrons. The molecule has 0 radical (unpaired) electrons. The molecule has 3 nitrogen and oxygen atoms in total. The van der Waals surface area contributed by atoms with Crippen LogP contribution in [0.15, 0.2) is 0 Å². The molecular weight excluding hydrogens is 128 g/mol. The van der Waals surface area contributed by atoms with Crippen LogP contribution in [0.3, 0.4) is 0 Å². The molecule has 1 rings (SSSR count). The van der Waals surface area contributed by atoms with E-state index >= 15 is 0 Å². The standard InChI is InChI=1S/C7H16N2O/c8-7(5-10)6-2-1-3-9-4-6/h6-7,9-10H,1-5,8H2. The van der Waals surface area contributed by atoms with Gasteiger partial charge in [0.1, 0.15) is 0 Å². The number of nitrogens with one attached hydrogen (secondary N) is 1. The van der Waals surface area contributed by atoms with E-state index in [1.807, 2.05) is 0 Å². The summed E-state index contributed by atoms with van der Waals surface area (Å²) in [5, 5.41) is 12.0. The van der Waals surface area contributed by atoms with E-state index in [2.05, 4.69) is 5.32 Å². The summed E-state index contributed by atoms with van der Waals surface area (Å²) in [7, 11) is 0. The molecule has 1 fully saturated rings. The van der Waals surface area contributed by atoms with Gasteiger partial charge in [0.05, 0.1) is 6.61 Å². The summed E-state index contributed by atoms with van der Waals surface area (Å²) in [5.41, 5.74) is 5.66. The smallest absolute Gasteiger partial charge is 0.0585 e. The van der Waals surface area contributed by atoms with Crippen LogP contribution in [0, 0.1) is 5.92 Å². The Bertz CT molecular complexity index is 91.6. The molecule has 10 heavy (non-hydrogen) atoms. The second-order valence-electron chi connectivity index (χ2n) is 2.95. The van der Waals surface area contributed by atoms with Crippen LogP contribution in [0.4, 0.5) is 0 Å². The van der Waals surface area contributed by atoms with E-state index < -0.39 is 0 Å². The molecule has 0 bridgehead atoms. The van der Waals surface area contributed by atoms with Gasteiger partial charge in [-0.2, -0.15) is 0 Å². The first-order valence-corrected chi connectivity index (χ1v) is 3.91. The van der Waals surface area contributed by atoms with Crippen LogP contribution in [0.1, 0.15) is 12.8 Å². The molecule has 1 saturated heterocycles. The van der Waals surface area contributed by atoms with Gasteiger partial charge in [-0.15, -0.1) is 0 Å². The van der Waals surface area contributed by atoms with Crippen molar-refractivity contribution < 1.29 is 5.11 Å². The van der Waals surface area contributed by atoms with Gasteiger partial charge in [0.25, 0.3) is 0 Å². The molecule has 0 saturated carbocycles. The van der Waals surface area contributed by atoms with Crippen LogP contribution in [-0.4, -0.2) is 30.8 Å². The molecular formula is C7H16N2O. The van der Waals surface area contributed by atoms with E-state index in [-0.39, 0.29) is 12.6 Å². The molecule has 0 amide bonds. The zero-order valence-corrected chi connectivity index (χ0v) is 6.21. The predicted octanol–water partition coefficient (Wildman–Crippen LogP) is -0.694. The highest BCUT2D eigenvalue weighted by Crippen LogP contribution is 2.12. The Labute approximate surface area is 61.6 Å². The molecule has 0 aromatic heterocycles. The van der Waals surface area contributed by atoms with Crippen molar-refractivity contribution in [3.8, 4) is 0 Å². The molecule has 0 aliphatic carbocycles. The third kappa shape index (κ3) is 1.94. The van der Waals surface area contributed by atoms with Gasteiger partial charge >= 0.3 is 0 Å². The van der Waals surface area contributed by atoms with Crippen molar-refractivity contribution >= 4 is 0 Å². The van der Waals surface area contributed by atoms with Gasteiger partial charge in [0, 0.05) is 6.04 Å². The number of rotatable bonds is 2. The van der Waals surface area contributed by atoms with Gasteiger partial charge in [-0.05, 0) is 31.8 Å². The molecule has 0 spiro atoms. The first kappa shape index (κ1) is 7.98. The van der Waals surface area contributed by atoms with Gasteiger partial charge < -0.3 is 16.2 Å². The van der Waals surface area contributed by atoms with Crippen LogP contribution in [0.5, 0.6) is 0 Å². The van der Waals surface area contributed by atoms with Crippen molar-refractivity contribution in [2.24, 2.45) is 11.7 Å². The molecule has 1 aliphatic rings. The zero-order valence-electron chi connectivity index (χ0n) is 6.21. The first-order valence-electron chi connectivity index (χ1n) is 3.91. The topological polar surface area (TPSA) is 58.3 Å². The number of aliphatic hydroxyl groups is 1. The second-order valence-corrected chi connectivity index (χ2v) is 2.95. The van der Waals surface area contributed by atoms with Crippen LogP contribution >= 0.6 is 0 Å². The maximum atomic E-state index is 8.73. The fourth-order valence-corrected chi connectivity index (χ4v) is 1.39. The van der Waals surface area contributed by atoms with Crippen molar-refractivity contribution in [1.82, 2.24) is 5.32 Å². The lowest BCUT2D eigenvalue weighted by Gasteiger charge is -2.26. The molecule has 0 aromatic rings. The van der Waals surface area contributed by atoms with Crippen LogP contribution in [0.25, 0.3) is 0 Å². The molecule has 4 N–H and O–H groups in total. The summed E-state index contributed by atoms with van der Waals surface area (Å²) in [6.45, 7) is 2.20. The lowest BCUT2D eigenvalue weighted by molar-refractivity contribution is 0.205. The molecule has 0 aromatic carbocycles. The summed E-state index contributed by atoms with van der Waals surface area (Å²) < 4.78 is 0. The van der Waals surface area contributed by atoms with Crippen molar-refractivity contribution in [3.05, 3.63) is 0 Å². The fourth-order valence-electron chi connectivity index (χ4n) is 1.39. The van der Waals surface area contributed by atoms with E-state index in [1.165, 1.54) is 6.42 Å². The lowest BCUT2D eigenvalue weighted by atomic mass is 9.93. The van der Waals surface area contributed by atoms with Crippen molar-refractivity contribution in [1.29, 1.82) is 0 Å². The Hall–Kier alpha value is -0.120. The number of hydrogen-bond donors (Lipinski definition) is 3. The monoisotopic (exact) mass is 144 g/mol. The van der Waals surface area contributed by atoms with Crippen molar-refractivity contribution in [2.75, 3.05) is 19.7 Å². The number of hydrogen-bond acceptors (Lipinski definition) is 3. The Morgan fingerprint density at radius 2 is 2.50 bits per heavy atom. The van der Waals surface area contributed by atoms with Gasteiger partial charge in [-0.25, -0.2) is 0 Å². The van der Waals surface area contributed by atoms with E-state index in [1.54, 1.807) is 0 Å². The first-order chi connectivity index (χ1) is 4.84. The highest BCUT2D eigenvalue weighted by atomic mass is 16.3. The van der Waals surface area contributed by atoms with Crippen LogP contribution in [-0.2, 0) is 0 Å². The maximum absolute atomic E-state index is 8.73. The Kier molecular flexibility index (Phi) is 3.12. The SMILES string of the molecule is NC(CO)C1CCCNC1. The minimum atomic E-state index is -0.0206. The average Bonchev–Trinajstić information content (AvgIpc) is 2.05. The Morgan fingerprint density at radius 3 is 3.00 bits per heavy atom. The molecule has 3 heteroatoms. The van der Waals surface area contributed by atoms with Crippen LogP contribution in [0.2, 0.25) is 0 Å². The fraction of sp³-hybridized carbons (Fsp3) is 1.00. The number of nitrogens with two attached hydrogens (primary N) is 1. The van der Waals surface area contributed by atoms with Crippen molar-refractivity contribution in [2.45, 2.75) is 18.9 Å². The second kappa shape index (κ2) is 3.91. The van der Waals surface area contributed by atoms with Gasteiger partial charge in [0.15, 0.2) is 0 Å². The Morgan fingerprint density at radius 1 is 1.70 bits per heavy atom. The molecule has 1 aliphatic heterocycles. The van der Waals surface area contributed by atoms with Crippen molar-refractivity contribution in [3.63, 3.8) is 0 Å². The normalized spacial score (nSPS) is 30.0. The van der Waals surface area contributed by atoms with E-state index in [0.29, 0.717) is 5.92 Å². The highest BCUT2D eigenvalue weighted by molar-refractivity contribution is 4.77. The maximum Gasteiger partial charge on any atom is 0.0585 e. The number of aliphatic hydroxyl groups excluding tert-OH is 1. The molecule has 1 heterocycles. The predicted molar refractivity (Wildman–Crippen MR) is 40.7 cm³/mol. The minimum absolute atomic E-state index is 0.0206. The van der Waals surface area contributed by atoms with E-state index in [4.69, 9.17) is 10.8 Å². The quantitative estimate of drug-likeness (QED) is 0.480. The molecule has 2 atom stereocenters. The summed E-state index contributed by atoms with van der Waals surface area (Å²) in [6.07, 6.45) is 2.35. The third-order valence-corrected chi connectivity index (χ3v) is 2.15. The summed E-state index contributed by atoms with van der Waals surface area (Å²) in [6, 6.07) is -0.0206. The van der Waals surface area contributed by atoms with Gasteiger partial charge in [-0.1, -0.05) is 0 Å². The highest BCUT2D eigenvalue weighted by Gasteiger charge is 2.18. The minimum Gasteiger partial charge on any atom is -0.395 e. The van der Waals surface area contributed by atoms with Crippen LogP contribution < -0.4 is 11.1 Å². The number of piperidine rings is 1. The largest absolute Gasteiger partial charge is 0.395 e.